The number of Topliss-reactive ketones (excluding diaryl/α,β-unsaturated/α-hetero) is 1. The Morgan fingerprint density at radius 3 is 2.80 bits per heavy atom. The molecule has 3 rings (SSSR count). The van der Waals surface area contributed by atoms with Crippen molar-refractivity contribution in [3.63, 3.8) is 0 Å². The molecule has 1 aliphatic carbocycles. The van der Waals surface area contributed by atoms with Gasteiger partial charge in [0.25, 0.3) is 0 Å². The Balaban J connectivity index is 1.81. The minimum atomic E-state index is 0.00148. The third kappa shape index (κ3) is 4.12. The molecule has 25 heavy (non-hydrogen) atoms. The highest BCUT2D eigenvalue weighted by Crippen LogP contribution is 2.47. The van der Waals surface area contributed by atoms with E-state index in [-0.39, 0.29) is 17.8 Å². The summed E-state index contributed by atoms with van der Waals surface area (Å²) in [6, 6.07) is 1.97. The van der Waals surface area contributed by atoms with Crippen LogP contribution in [0.25, 0.3) is 10.6 Å². The fourth-order valence-corrected chi connectivity index (χ4v) is 4.75. The van der Waals surface area contributed by atoms with Gasteiger partial charge in [0, 0.05) is 25.8 Å². The van der Waals surface area contributed by atoms with Crippen LogP contribution in [0.5, 0.6) is 0 Å². The molecule has 136 valence electrons. The number of thiophene rings is 1. The Hall–Kier alpha value is -1.66. The lowest BCUT2D eigenvalue weighted by atomic mass is 9.74. The molecule has 0 fully saturated rings. The number of aromatic nitrogens is 2. The van der Waals surface area contributed by atoms with E-state index in [1.54, 1.807) is 17.5 Å². The number of unbranched alkanes of at least 4 members (excludes halogenated alkanes) is 3. The molecule has 0 atom stereocenters. The van der Waals surface area contributed by atoms with Gasteiger partial charge in [-0.25, -0.2) is 0 Å². The summed E-state index contributed by atoms with van der Waals surface area (Å²) in [5.41, 5.74) is 3.05. The van der Waals surface area contributed by atoms with Crippen LogP contribution >= 0.6 is 11.3 Å². The largest absolute Gasteiger partial charge is 0.396 e. The number of ketones is 1. The van der Waals surface area contributed by atoms with Crippen molar-refractivity contribution in [1.29, 1.82) is 0 Å². The Labute approximate surface area is 152 Å². The lowest BCUT2D eigenvalue weighted by molar-refractivity contribution is 0.0914. The Bertz CT molecular complexity index is 719. The predicted octanol–water partition coefficient (Wildman–Crippen LogP) is 4.26. The summed E-state index contributed by atoms with van der Waals surface area (Å²) in [6.07, 6.45) is 7.33. The number of anilines is 1. The number of aliphatic hydroxyl groups is 1. The molecule has 1 aliphatic rings. The fraction of sp³-hybridized carbons (Fsp3) is 0.579. The predicted molar refractivity (Wildman–Crippen MR) is 102 cm³/mol. The Morgan fingerprint density at radius 1 is 1.28 bits per heavy atom. The minimum absolute atomic E-state index is 0.00148. The first kappa shape index (κ1) is 18.1. The molecule has 0 spiro atoms. The number of rotatable bonds is 8. The molecule has 2 aromatic heterocycles. The zero-order valence-electron chi connectivity index (χ0n) is 15.0. The molecule has 2 heterocycles. The van der Waals surface area contributed by atoms with Crippen molar-refractivity contribution in [2.45, 2.75) is 52.4 Å². The zero-order valence-corrected chi connectivity index (χ0v) is 15.8. The molecule has 0 amide bonds. The second kappa shape index (κ2) is 7.70. The fourth-order valence-electron chi connectivity index (χ4n) is 3.51. The number of carbonyl (C=O) groups is 1. The summed E-state index contributed by atoms with van der Waals surface area (Å²) in [4.78, 5) is 13.9. The van der Waals surface area contributed by atoms with E-state index < -0.39 is 0 Å². The van der Waals surface area contributed by atoms with Crippen molar-refractivity contribution in [3.8, 4) is 10.6 Å². The summed E-state index contributed by atoms with van der Waals surface area (Å²) in [6.45, 7) is 5.45. The first-order valence-corrected chi connectivity index (χ1v) is 9.87. The minimum Gasteiger partial charge on any atom is -0.396 e. The third-order valence-electron chi connectivity index (χ3n) is 4.70. The van der Waals surface area contributed by atoms with E-state index in [1.165, 1.54) is 5.56 Å². The maximum absolute atomic E-state index is 12.8. The van der Waals surface area contributed by atoms with Crippen molar-refractivity contribution in [3.05, 3.63) is 23.4 Å². The molecule has 0 aromatic carbocycles. The topological polar surface area (TPSA) is 78.0 Å². The van der Waals surface area contributed by atoms with Crippen molar-refractivity contribution < 1.29 is 9.90 Å². The monoisotopic (exact) mass is 361 g/mol. The van der Waals surface area contributed by atoms with E-state index in [1.807, 2.05) is 6.07 Å². The highest BCUT2D eigenvalue weighted by atomic mass is 32.1. The quantitative estimate of drug-likeness (QED) is 0.614. The van der Waals surface area contributed by atoms with Crippen molar-refractivity contribution in [1.82, 2.24) is 10.2 Å². The molecule has 0 aliphatic heterocycles. The molecule has 0 saturated carbocycles. The standard InChI is InChI=1S/C19H27N3O2S/c1-19(2)11-13-16(15(24)12-19)18(20-8-5-3-4-6-10-23)25-17(13)14-7-9-21-22-14/h7,9,20,23H,3-6,8,10-12H2,1-2H3,(H,21,22). The number of aliphatic hydroxyl groups excluding tert-OH is 1. The van der Waals surface area contributed by atoms with Gasteiger partial charge < -0.3 is 10.4 Å². The number of H-pyrrole nitrogens is 1. The van der Waals surface area contributed by atoms with E-state index >= 15 is 0 Å². The lowest BCUT2D eigenvalue weighted by Crippen LogP contribution is -2.27. The van der Waals surface area contributed by atoms with E-state index in [2.05, 4.69) is 29.4 Å². The smallest absolute Gasteiger partial charge is 0.166 e. The molecule has 6 heteroatoms. The summed E-state index contributed by atoms with van der Waals surface area (Å²) in [5.74, 6) is 0.246. The van der Waals surface area contributed by atoms with E-state index in [9.17, 15) is 4.79 Å². The summed E-state index contributed by atoms with van der Waals surface area (Å²) in [7, 11) is 0. The van der Waals surface area contributed by atoms with Crippen LogP contribution in [0.4, 0.5) is 5.00 Å². The van der Waals surface area contributed by atoms with Gasteiger partial charge in [-0.2, -0.15) is 5.10 Å². The zero-order chi connectivity index (χ0) is 17.9. The molecule has 2 aromatic rings. The van der Waals surface area contributed by atoms with E-state index in [0.717, 1.165) is 59.8 Å². The van der Waals surface area contributed by atoms with Crippen LogP contribution < -0.4 is 5.32 Å². The molecular weight excluding hydrogens is 334 g/mol. The molecule has 5 nitrogen and oxygen atoms in total. The van der Waals surface area contributed by atoms with Crippen LogP contribution in [0.15, 0.2) is 12.3 Å². The van der Waals surface area contributed by atoms with Gasteiger partial charge in [0.1, 0.15) is 5.00 Å². The van der Waals surface area contributed by atoms with Crippen LogP contribution in [0, 0.1) is 5.41 Å². The maximum Gasteiger partial charge on any atom is 0.166 e. The van der Waals surface area contributed by atoms with Crippen LogP contribution in [0.1, 0.15) is 61.9 Å². The average molecular weight is 362 g/mol. The van der Waals surface area contributed by atoms with Gasteiger partial charge in [0.05, 0.1) is 16.1 Å². The van der Waals surface area contributed by atoms with Crippen molar-refractivity contribution >= 4 is 22.1 Å². The third-order valence-corrected chi connectivity index (χ3v) is 5.92. The molecule has 0 unspecified atom stereocenters. The van der Waals surface area contributed by atoms with Crippen LogP contribution in [0.3, 0.4) is 0 Å². The molecular formula is C19H27N3O2S. The lowest BCUT2D eigenvalue weighted by Gasteiger charge is -2.29. The van der Waals surface area contributed by atoms with Crippen molar-refractivity contribution in [2.75, 3.05) is 18.5 Å². The Morgan fingerprint density at radius 2 is 2.08 bits per heavy atom. The molecule has 0 saturated heterocycles. The second-order valence-electron chi connectivity index (χ2n) is 7.59. The molecule has 0 radical (unpaired) electrons. The van der Waals surface area contributed by atoms with Gasteiger partial charge in [-0.1, -0.05) is 26.7 Å². The maximum atomic E-state index is 12.8. The normalized spacial score (nSPS) is 16.0. The van der Waals surface area contributed by atoms with Gasteiger partial charge in [0.15, 0.2) is 5.78 Å². The number of hydrogen-bond donors (Lipinski definition) is 3. The molecule has 3 N–H and O–H groups in total. The summed E-state index contributed by atoms with van der Waals surface area (Å²) in [5, 5.41) is 20.5. The SMILES string of the molecule is CC1(C)CC(=O)c2c(NCCCCCCO)sc(-c3ccn[nH]3)c2C1. The van der Waals surface area contributed by atoms with E-state index in [0.29, 0.717) is 6.42 Å². The Kier molecular flexibility index (Phi) is 5.59. The highest BCUT2D eigenvalue weighted by molar-refractivity contribution is 7.20. The van der Waals surface area contributed by atoms with Crippen molar-refractivity contribution in [2.24, 2.45) is 5.41 Å². The summed E-state index contributed by atoms with van der Waals surface area (Å²) < 4.78 is 0. The average Bonchev–Trinajstić information content (AvgIpc) is 3.17. The molecule has 0 bridgehead atoms. The number of hydrogen-bond acceptors (Lipinski definition) is 5. The van der Waals surface area contributed by atoms with Crippen LogP contribution in [-0.2, 0) is 6.42 Å². The van der Waals surface area contributed by atoms with Gasteiger partial charge in [-0.05, 0) is 36.3 Å². The number of carbonyl (C=O) groups excluding carboxylic acids is 1. The van der Waals surface area contributed by atoms with E-state index in [4.69, 9.17) is 5.11 Å². The van der Waals surface area contributed by atoms with Crippen LogP contribution in [-0.4, -0.2) is 34.2 Å². The van der Waals surface area contributed by atoms with Gasteiger partial charge in [0.2, 0.25) is 0 Å². The number of nitrogens with zero attached hydrogens (tertiary/aromatic N) is 1. The second-order valence-corrected chi connectivity index (χ2v) is 8.61. The van der Waals surface area contributed by atoms with Gasteiger partial charge >= 0.3 is 0 Å². The number of aromatic amines is 1. The number of fused-ring (bicyclic) bond motifs is 1. The summed E-state index contributed by atoms with van der Waals surface area (Å²) >= 11 is 1.66. The number of nitrogens with one attached hydrogen (secondary N) is 2. The first-order valence-electron chi connectivity index (χ1n) is 9.05. The van der Waals surface area contributed by atoms with Gasteiger partial charge in [-0.3, -0.25) is 9.89 Å². The van der Waals surface area contributed by atoms with Crippen LogP contribution in [0.2, 0.25) is 0 Å². The van der Waals surface area contributed by atoms with Gasteiger partial charge in [-0.15, -0.1) is 11.3 Å². The first-order chi connectivity index (χ1) is 12.0. The highest BCUT2D eigenvalue weighted by Gasteiger charge is 2.36.